The van der Waals surface area contributed by atoms with Crippen LogP contribution in [0.2, 0.25) is 0 Å². The summed E-state index contributed by atoms with van der Waals surface area (Å²) >= 11 is 0. The Kier molecular flexibility index (Phi) is 4.45. The number of hydrogen-bond donors (Lipinski definition) is 2. The van der Waals surface area contributed by atoms with Crippen molar-refractivity contribution < 1.29 is 19.8 Å². The Morgan fingerprint density at radius 3 is 2.32 bits per heavy atom. The highest BCUT2D eigenvalue weighted by atomic mass is 16.4. The molecule has 19 heavy (non-hydrogen) atoms. The minimum atomic E-state index is -0.843. The first-order valence-electron chi connectivity index (χ1n) is 7.20. The van der Waals surface area contributed by atoms with E-state index in [-0.39, 0.29) is 17.7 Å². The first-order valence-corrected chi connectivity index (χ1v) is 7.20. The van der Waals surface area contributed by atoms with Crippen LogP contribution in [-0.4, -0.2) is 46.2 Å². The lowest BCUT2D eigenvalue weighted by Gasteiger charge is -2.31. The van der Waals surface area contributed by atoms with Crippen molar-refractivity contribution in [2.75, 3.05) is 13.1 Å². The van der Waals surface area contributed by atoms with E-state index in [4.69, 9.17) is 0 Å². The maximum absolute atomic E-state index is 12.5. The number of nitrogens with zero attached hydrogens (tertiary/aromatic N) is 1. The minimum Gasteiger partial charge on any atom is -0.481 e. The summed E-state index contributed by atoms with van der Waals surface area (Å²) in [5.74, 6) is -1.61. The first-order chi connectivity index (χ1) is 9.00. The predicted molar refractivity (Wildman–Crippen MR) is 69.5 cm³/mol. The molecule has 4 atom stereocenters. The fourth-order valence-electron chi connectivity index (χ4n) is 3.34. The van der Waals surface area contributed by atoms with Crippen molar-refractivity contribution >= 4 is 11.9 Å². The molecular formula is C14H23NO4. The van der Waals surface area contributed by atoms with Crippen LogP contribution in [0.5, 0.6) is 0 Å². The van der Waals surface area contributed by atoms with Gasteiger partial charge >= 0.3 is 5.97 Å². The molecule has 1 aliphatic carbocycles. The zero-order valence-electron chi connectivity index (χ0n) is 11.4. The number of amides is 1. The topological polar surface area (TPSA) is 77.8 Å². The van der Waals surface area contributed by atoms with E-state index in [0.29, 0.717) is 25.9 Å². The van der Waals surface area contributed by atoms with Gasteiger partial charge < -0.3 is 15.1 Å². The molecular weight excluding hydrogens is 246 g/mol. The number of hydrogen-bond acceptors (Lipinski definition) is 3. The van der Waals surface area contributed by atoms with Crippen molar-refractivity contribution in [3.8, 4) is 0 Å². The van der Waals surface area contributed by atoms with Crippen LogP contribution in [0, 0.1) is 17.8 Å². The maximum atomic E-state index is 12.5. The van der Waals surface area contributed by atoms with Crippen LogP contribution in [0.15, 0.2) is 0 Å². The summed E-state index contributed by atoms with van der Waals surface area (Å²) in [7, 11) is 0. The first kappa shape index (κ1) is 14.3. The van der Waals surface area contributed by atoms with Crippen LogP contribution >= 0.6 is 0 Å². The van der Waals surface area contributed by atoms with Gasteiger partial charge in [-0.3, -0.25) is 9.59 Å². The van der Waals surface area contributed by atoms with Crippen molar-refractivity contribution in [3.63, 3.8) is 0 Å². The zero-order chi connectivity index (χ0) is 14.0. The van der Waals surface area contributed by atoms with E-state index < -0.39 is 18.0 Å². The molecule has 5 nitrogen and oxygen atoms in total. The molecule has 5 heteroatoms. The molecule has 0 radical (unpaired) electrons. The lowest BCUT2D eigenvalue weighted by Crippen LogP contribution is -2.41. The number of aliphatic hydroxyl groups is 1. The Labute approximate surface area is 113 Å². The van der Waals surface area contributed by atoms with E-state index in [2.05, 4.69) is 0 Å². The molecule has 1 saturated carbocycles. The highest BCUT2D eigenvalue weighted by molar-refractivity contribution is 5.85. The van der Waals surface area contributed by atoms with E-state index in [1.165, 1.54) is 0 Å². The van der Waals surface area contributed by atoms with Gasteiger partial charge in [-0.1, -0.05) is 12.8 Å². The van der Waals surface area contributed by atoms with Crippen molar-refractivity contribution in [1.29, 1.82) is 0 Å². The normalized spacial score (nSPS) is 33.2. The van der Waals surface area contributed by atoms with Crippen LogP contribution < -0.4 is 0 Å². The second-order valence-corrected chi connectivity index (χ2v) is 5.91. The molecule has 1 amide bonds. The highest BCUT2D eigenvalue weighted by Gasteiger charge is 2.40. The van der Waals surface area contributed by atoms with E-state index in [1.807, 2.05) is 0 Å². The van der Waals surface area contributed by atoms with E-state index >= 15 is 0 Å². The molecule has 1 saturated heterocycles. The van der Waals surface area contributed by atoms with E-state index in [0.717, 1.165) is 19.3 Å². The van der Waals surface area contributed by atoms with Gasteiger partial charge in [0.05, 0.1) is 17.9 Å². The number of aliphatic carboxylic acids is 1. The van der Waals surface area contributed by atoms with Gasteiger partial charge in [0, 0.05) is 19.0 Å². The van der Waals surface area contributed by atoms with Crippen LogP contribution in [0.1, 0.15) is 39.0 Å². The Morgan fingerprint density at radius 1 is 1.16 bits per heavy atom. The molecule has 0 spiro atoms. The van der Waals surface area contributed by atoms with Crippen LogP contribution in [0.4, 0.5) is 0 Å². The lowest BCUT2D eigenvalue weighted by molar-refractivity contribution is -0.152. The molecule has 1 heterocycles. The van der Waals surface area contributed by atoms with Gasteiger partial charge in [-0.2, -0.15) is 0 Å². The largest absolute Gasteiger partial charge is 0.481 e. The molecule has 2 aliphatic rings. The molecule has 1 aliphatic heterocycles. The number of likely N-dealkylation sites (tertiary alicyclic amines) is 1. The van der Waals surface area contributed by atoms with Crippen LogP contribution in [0.25, 0.3) is 0 Å². The Bertz CT molecular complexity index is 355. The number of carboxylic acids is 1. The average Bonchev–Trinajstić information content (AvgIpc) is 2.87. The average molecular weight is 269 g/mol. The maximum Gasteiger partial charge on any atom is 0.307 e. The van der Waals surface area contributed by atoms with Gasteiger partial charge in [0.1, 0.15) is 0 Å². The molecule has 2 N–H and O–H groups in total. The number of carbonyl (C=O) groups excluding carboxylic acids is 1. The molecule has 2 rings (SSSR count). The van der Waals surface area contributed by atoms with Gasteiger partial charge in [-0.05, 0) is 26.2 Å². The summed E-state index contributed by atoms with van der Waals surface area (Å²) < 4.78 is 0. The Morgan fingerprint density at radius 2 is 1.79 bits per heavy atom. The van der Waals surface area contributed by atoms with Crippen molar-refractivity contribution in [3.05, 3.63) is 0 Å². The summed E-state index contributed by atoms with van der Waals surface area (Å²) in [6.45, 7) is 2.97. The number of aliphatic hydroxyl groups excluding tert-OH is 1. The second-order valence-electron chi connectivity index (χ2n) is 5.91. The quantitative estimate of drug-likeness (QED) is 0.804. The van der Waals surface area contributed by atoms with Gasteiger partial charge in [-0.15, -0.1) is 0 Å². The zero-order valence-corrected chi connectivity index (χ0v) is 11.4. The third-order valence-electron chi connectivity index (χ3n) is 4.62. The summed E-state index contributed by atoms with van der Waals surface area (Å²) in [4.78, 5) is 25.5. The molecule has 0 aromatic heterocycles. The summed E-state index contributed by atoms with van der Waals surface area (Å²) in [5, 5.41) is 18.8. The van der Waals surface area contributed by atoms with Crippen molar-refractivity contribution in [2.24, 2.45) is 17.8 Å². The molecule has 2 fully saturated rings. The standard InChI is InChI=1S/C14H23NO4/c1-9(16)10-6-7-15(8-10)13(17)11-4-2-3-5-12(11)14(18)19/h9-12,16H,2-8H2,1H3,(H,18,19). The predicted octanol–water partition coefficient (Wildman–Crippen LogP) is 1.11. The third kappa shape index (κ3) is 3.08. The van der Waals surface area contributed by atoms with Gasteiger partial charge in [-0.25, -0.2) is 0 Å². The van der Waals surface area contributed by atoms with E-state index in [9.17, 15) is 19.8 Å². The number of carboxylic acid groups (broad SMARTS) is 1. The minimum absolute atomic E-state index is 0.0183. The smallest absolute Gasteiger partial charge is 0.307 e. The Hall–Kier alpha value is -1.10. The molecule has 108 valence electrons. The van der Waals surface area contributed by atoms with Gasteiger partial charge in [0.15, 0.2) is 0 Å². The van der Waals surface area contributed by atoms with Crippen molar-refractivity contribution in [2.45, 2.75) is 45.1 Å². The molecule has 0 bridgehead atoms. The highest BCUT2D eigenvalue weighted by Crippen LogP contribution is 2.33. The lowest BCUT2D eigenvalue weighted by atomic mass is 9.78. The van der Waals surface area contributed by atoms with Crippen LogP contribution in [-0.2, 0) is 9.59 Å². The molecule has 0 aromatic rings. The second kappa shape index (κ2) is 5.90. The van der Waals surface area contributed by atoms with Gasteiger partial charge in [0.25, 0.3) is 0 Å². The fourth-order valence-corrected chi connectivity index (χ4v) is 3.34. The van der Waals surface area contributed by atoms with Crippen molar-refractivity contribution in [1.82, 2.24) is 4.90 Å². The Balaban J connectivity index is 2.00. The molecule has 0 aromatic carbocycles. The number of carbonyl (C=O) groups is 2. The summed E-state index contributed by atoms with van der Waals surface area (Å²) in [6, 6.07) is 0. The summed E-state index contributed by atoms with van der Waals surface area (Å²) in [5.41, 5.74) is 0. The number of rotatable bonds is 3. The monoisotopic (exact) mass is 269 g/mol. The van der Waals surface area contributed by atoms with Gasteiger partial charge in [0.2, 0.25) is 5.91 Å². The van der Waals surface area contributed by atoms with Crippen LogP contribution in [0.3, 0.4) is 0 Å². The molecule has 4 unspecified atom stereocenters. The van der Waals surface area contributed by atoms with E-state index in [1.54, 1.807) is 11.8 Å². The summed E-state index contributed by atoms with van der Waals surface area (Å²) in [6.07, 6.45) is 3.54. The SMILES string of the molecule is CC(O)C1CCN(C(=O)C2CCCCC2C(=O)O)C1. The fraction of sp³-hybridized carbons (Fsp3) is 0.857. The third-order valence-corrected chi connectivity index (χ3v) is 4.62.